The molecule has 0 atom stereocenters. The van der Waals surface area contributed by atoms with E-state index in [2.05, 4.69) is 15.3 Å². The van der Waals surface area contributed by atoms with Crippen LogP contribution in [0, 0.1) is 0 Å². The van der Waals surface area contributed by atoms with E-state index in [4.69, 9.17) is 16.4 Å². The van der Waals surface area contributed by atoms with Crippen LogP contribution in [0.1, 0.15) is 15.9 Å². The van der Waals surface area contributed by atoms with Gasteiger partial charge in [-0.1, -0.05) is 23.7 Å². The van der Waals surface area contributed by atoms with Crippen LogP contribution in [0.2, 0.25) is 5.02 Å². The van der Waals surface area contributed by atoms with Crippen LogP contribution in [-0.2, 0) is 6.42 Å². The molecule has 0 aliphatic rings. The maximum Gasteiger partial charge on any atom is 0.393 e. The van der Waals surface area contributed by atoms with Crippen molar-refractivity contribution in [2.24, 2.45) is 0 Å². The molecule has 4 aromatic rings. The Morgan fingerprint density at radius 2 is 1.94 bits per heavy atom. The number of hydrogen-bond acceptors (Lipinski definition) is 5. The van der Waals surface area contributed by atoms with Crippen LogP contribution in [0.4, 0.5) is 18.9 Å². The molecule has 0 aliphatic heterocycles. The molecule has 0 fully saturated rings. The van der Waals surface area contributed by atoms with Gasteiger partial charge in [0.05, 0.1) is 12.0 Å². The van der Waals surface area contributed by atoms with Crippen LogP contribution in [0.3, 0.4) is 0 Å². The molecule has 2 aromatic heterocycles. The second-order valence-electron chi connectivity index (χ2n) is 7.28. The second kappa shape index (κ2) is 9.14. The monoisotopic (exact) mass is 488 g/mol. The number of anilines is 1. The van der Waals surface area contributed by atoms with Crippen molar-refractivity contribution in [1.29, 1.82) is 0 Å². The molecule has 11 heteroatoms. The van der Waals surface area contributed by atoms with Gasteiger partial charge in [0, 0.05) is 33.4 Å². The van der Waals surface area contributed by atoms with Gasteiger partial charge in [-0.15, -0.1) is 4.73 Å². The van der Waals surface area contributed by atoms with E-state index in [1.54, 1.807) is 6.07 Å². The zero-order valence-electron chi connectivity index (χ0n) is 17.6. The van der Waals surface area contributed by atoms with Crippen molar-refractivity contribution in [3.8, 4) is 11.1 Å². The second-order valence-corrected chi connectivity index (χ2v) is 7.69. The standard InChI is InChI=1S/C23H16ClF3N4O3/c1-34-31-20-15(11-28-12-29-20)8-18(22(31)33)17-9-16(5-6-19(17)24)30-21(32)14-4-2-3-13(7-14)10-23(25,26)27/h2-9,11-12H,10H2,1H3,(H,30,32). The van der Waals surface area contributed by atoms with Gasteiger partial charge in [0.2, 0.25) is 0 Å². The number of halogens is 4. The van der Waals surface area contributed by atoms with Gasteiger partial charge in [0.1, 0.15) is 13.4 Å². The summed E-state index contributed by atoms with van der Waals surface area (Å²) in [7, 11) is 1.32. The first-order valence-corrected chi connectivity index (χ1v) is 10.2. The van der Waals surface area contributed by atoms with Gasteiger partial charge in [-0.2, -0.15) is 13.2 Å². The highest BCUT2D eigenvalue weighted by Gasteiger charge is 2.27. The number of carbonyl (C=O) groups excluding carboxylic acids is 1. The predicted molar refractivity (Wildman–Crippen MR) is 121 cm³/mol. The van der Waals surface area contributed by atoms with E-state index in [0.29, 0.717) is 16.6 Å². The van der Waals surface area contributed by atoms with Crippen LogP contribution in [0.15, 0.2) is 65.8 Å². The van der Waals surface area contributed by atoms with Crippen LogP contribution in [-0.4, -0.2) is 33.9 Å². The van der Waals surface area contributed by atoms with Gasteiger partial charge in [0.25, 0.3) is 11.5 Å². The lowest BCUT2D eigenvalue weighted by Crippen LogP contribution is -2.27. The summed E-state index contributed by atoms with van der Waals surface area (Å²) in [5, 5.41) is 3.38. The highest BCUT2D eigenvalue weighted by molar-refractivity contribution is 6.33. The maximum atomic E-state index is 13.0. The third-order valence-corrected chi connectivity index (χ3v) is 5.25. The van der Waals surface area contributed by atoms with Gasteiger partial charge in [0.15, 0.2) is 5.65 Å². The molecular formula is C23H16ClF3N4O3. The summed E-state index contributed by atoms with van der Waals surface area (Å²) in [6.45, 7) is 0. The van der Waals surface area contributed by atoms with E-state index in [1.165, 1.54) is 62.1 Å². The number of nitrogens with one attached hydrogen (secondary N) is 1. The lowest BCUT2D eigenvalue weighted by molar-refractivity contribution is -0.127. The lowest BCUT2D eigenvalue weighted by atomic mass is 10.0. The molecule has 2 heterocycles. The maximum absolute atomic E-state index is 13.0. The normalized spacial score (nSPS) is 11.4. The third-order valence-electron chi connectivity index (χ3n) is 4.92. The van der Waals surface area contributed by atoms with E-state index in [0.717, 1.165) is 4.73 Å². The number of carbonyl (C=O) groups is 1. The predicted octanol–water partition coefficient (Wildman–Crippen LogP) is 4.53. The van der Waals surface area contributed by atoms with Gasteiger partial charge < -0.3 is 10.2 Å². The van der Waals surface area contributed by atoms with Crippen molar-refractivity contribution in [1.82, 2.24) is 14.7 Å². The average Bonchev–Trinajstić information content (AvgIpc) is 2.79. The highest BCUT2D eigenvalue weighted by Crippen LogP contribution is 2.30. The molecule has 1 N–H and O–H groups in total. The number of nitrogens with zero attached hydrogens (tertiary/aromatic N) is 3. The topological polar surface area (TPSA) is 86.1 Å². The zero-order chi connectivity index (χ0) is 24.5. The molecular weight excluding hydrogens is 473 g/mol. The Hall–Kier alpha value is -3.92. The number of pyridine rings is 1. The summed E-state index contributed by atoms with van der Waals surface area (Å²) in [6, 6.07) is 11.3. The van der Waals surface area contributed by atoms with E-state index in [1.807, 2.05) is 0 Å². The average molecular weight is 489 g/mol. The number of aromatic nitrogens is 3. The summed E-state index contributed by atoms with van der Waals surface area (Å²) in [4.78, 5) is 38.9. The molecule has 0 aliphatic carbocycles. The van der Waals surface area contributed by atoms with Crippen LogP contribution < -0.4 is 15.7 Å². The molecule has 0 bridgehead atoms. The lowest BCUT2D eigenvalue weighted by Gasteiger charge is -2.13. The summed E-state index contributed by atoms with van der Waals surface area (Å²) in [6.07, 6.45) is -2.74. The van der Waals surface area contributed by atoms with Crippen LogP contribution >= 0.6 is 11.6 Å². The number of fused-ring (bicyclic) bond motifs is 1. The molecule has 174 valence electrons. The first-order valence-electron chi connectivity index (χ1n) is 9.83. The molecule has 0 saturated carbocycles. The fourth-order valence-corrected chi connectivity index (χ4v) is 3.68. The Morgan fingerprint density at radius 1 is 1.15 bits per heavy atom. The van der Waals surface area contributed by atoms with Crippen LogP contribution in [0.5, 0.6) is 0 Å². The zero-order valence-corrected chi connectivity index (χ0v) is 18.3. The van der Waals surface area contributed by atoms with Gasteiger partial charge in [-0.3, -0.25) is 9.59 Å². The Labute approximate surface area is 195 Å². The van der Waals surface area contributed by atoms with Gasteiger partial charge >= 0.3 is 6.18 Å². The van der Waals surface area contributed by atoms with E-state index in [-0.39, 0.29) is 27.4 Å². The quantitative estimate of drug-likeness (QED) is 0.446. The number of amides is 1. The van der Waals surface area contributed by atoms with Crippen molar-refractivity contribution in [2.45, 2.75) is 12.6 Å². The molecule has 0 saturated heterocycles. The third kappa shape index (κ3) is 4.86. The van der Waals surface area contributed by atoms with Gasteiger partial charge in [-0.05, 0) is 42.0 Å². The fourth-order valence-electron chi connectivity index (χ4n) is 3.46. The van der Waals surface area contributed by atoms with Gasteiger partial charge in [-0.25, -0.2) is 9.97 Å². The smallest absolute Gasteiger partial charge is 0.393 e. The summed E-state index contributed by atoms with van der Waals surface area (Å²) >= 11 is 6.35. The summed E-state index contributed by atoms with van der Waals surface area (Å²) in [5.74, 6) is -0.612. The molecule has 0 spiro atoms. The largest absolute Gasteiger partial charge is 0.412 e. The minimum Gasteiger partial charge on any atom is -0.412 e. The Balaban J connectivity index is 1.69. The Bertz CT molecular complexity index is 1450. The number of alkyl halides is 3. The molecule has 0 unspecified atom stereocenters. The number of hydrogen-bond donors (Lipinski definition) is 1. The fraction of sp³-hybridized carbons (Fsp3) is 0.130. The SMILES string of the molecule is COn1c(=O)c(-c2cc(NC(=O)c3cccc(CC(F)(F)F)c3)ccc2Cl)cc2cncnc21. The minimum absolute atomic E-state index is 0.0320. The Kier molecular flexibility index (Phi) is 6.25. The van der Waals surface area contributed by atoms with Crippen molar-refractivity contribution in [3.05, 3.63) is 87.6 Å². The van der Waals surface area contributed by atoms with E-state index < -0.39 is 24.1 Å². The van der Waals surface area contributed by atoms with Crippen molar-refractivity contribution in [3.63, 3.8) is 0 Å². The molecule has 34 heavy (non-hydrogen) atoms. The van der Waals surface area contributed by atoms with Crippen molar-refractivity contribution >= 4 is 34.2 Å². The molecule has 2 aromatic carbocycles. The van der Waals surface area contributed by atoms with Crippen molar-refractivity contribution in [2.75, 3.05) is 12.4 Å². The van der Waals surface area contributed by atoms with E-state index in [9.17, 15) is 22.8 Å². The van der Waals surface area contributed by atoms with Crippen LogP contribution in [0.25, 0.3) is 22.2 Å². The Morgan fingerprint density at radius 3 is 2.68 bits per heavy atom. The van der Waals surface area contributed by atoms with Crippen molar-refractivity contribution < 1.29 is 22.8 Å². The molecule has 7 nitrogen and oxygen atoms in total. The molecule has 4 rings (SSSR count). The first-order chi connectivity index (χ1) is 16.2. The highest BCUT2D eigenvalue weighted by atomic mass is 35.5. The summed E-state index contributed by atoms with van der Waals surface area (Å²) < 4.78 is 39.1. The number of rotatable bonds is 5. The molecule has 1 amide bonds. The molecule has 0 radical (unpaired) electrons. The first kappa shape index (κ1) is 23.2. The summed E-state index contributed by atoms with van der Waals surface area (Å²) in [5.41, 5.74) is 0.547. The number of benzene rings is 2. The van der Waals surface area contributed by atoms with E-state index >= 15 is 0 Å². The minimum atomic E-state index is -4.39.